The van der Waals surface area contributed by atoms with Crippen LogP contribution in [-0.2, 0) is 0 Å². The van der Waals surface area contributed by atoms with E-state index in [0.717, 1.165) is 12.1 Å². The molecule has 2 rings (SSSR count). The van der Waals surface area contributed by atoms with Crippen molar-refractivity contribution in [2.75, 3.05) is 5.73 Å². The van der Waals surface area contributed by atoms with Crippen molar-refractivity contribution in [3.63, 3.8) is 0 Å². The van der Waals surface area contributed by atoms with Gasteiger partial charge in [0.25, 0.3) is 0 Å². The van der Waals surface area contributed by atoms with Gasteiger partial charge in [-0.15, -0.1) is 0 Å². The third-order valence-electron chi connectivity index (χ3n) is 2.41. The molecule has 1 aromatic carbocycles. The molecule has 2 aromatic rings. The van der Waals surface area contributed by atoms with E-state index in [0.29, 0.717) is 22.6 Å². The molecule has 0 aliphatic carbocycles. The third kappa shape index (κ3) is 2.22. The summed E-state index contributed by atoms with van der Waals surface area (Å²) in [6.45, 7) is 1.73. The number of hydrogen-bond donors (Lipinski definition) is 1. The molecule has 0 radical (unpaired) electrons. The van der Waals surface area contributed by atoms with Gasteiger partial charge in [0.2, 0.25) is 0 Å². The van der Waals surface area contributed by atoms with Gasteiger partial charge in [-0.25, -0.2) is 13.8 Å². The fraction of sp³-hybridized carbons (Fsp3) is 0.0833. The summed E-state index contributed by atoms with van der Waals surface area (Å²) in [4.78, 5) is 4.05. The average molecular weight is 255 g/mol. The van der Waals surface area contributed by atoms with Crippen molar-refractivity contribution in [3.8, 4) is 11.1 Å². The van der Waals surface area contributed by atoms with Gasteiger partial charge in [-0.1, -0.05) is 11.6 Å². The number of hydrogen-bond acceptors (Lipinski definition) is 2. The Morgan fingerprint density at radius 1 is 1.12 bits per heavy atom. The van der Waals surface area contributed by atoms with Gasteiger partial charge < -0.3 is 5.73 Å². The molecule has 0 saturated heterocycles. The van der Waals surface area contributed by atoms with Gasteiger partial charge in [-0.3, -0.25) is 0 Å². The summed E-state index contributed by atoms with van der Waals surface area (Å²) < 4.78 is 26.1. The number of aryl methyl sites for hydroxylation is 1. The fourth-order valence-electron chi connectivity index (χ4n) is 1.59. The third-order valence-corrected chi connectivity index (χ3v) is 2.72. The summed E-state index contributed by atoms with van der Waals surface area (Å²) >= 11 is 5.88. The van der Waals surface area contributed by atoms with E-state index < -0.39 is 11.6 Å². The van der Waals surface area contributed by atoms with Crippen LogP contribution in [0.1, 0.15) is 5.69 Å². The van der Waals surface area contributed by atoms with Crippen LogP contribution in [-0.4, -0.2) is 4.98 Å². The molecule has 0 amide bonds. The first-order chi connectivity index (χ1) is 7.99. The molecule has 0 unspecified atom stereocenters. The Kier molecular flexibility index (Phi) is 2.98. The predicted molar refractivity (Wildman–Crippen MR) is 63.7 cm³/mol. The molecular formula is C12H9ClF2N2. The summed E-state index contributed by atoms with van der Waals surface area (Å²) in [7, 11) is 0. The minimum atomic E-state index is -0.972. The van der Waals surface area contributed by atoms with Gasteiger partial charge >= 0.3 is 0 Å². The SMILES string of the molecule is Cc1nc(N)ccc1-c1cc(F)c(F)cc1Cl. The van der Waals surface area contributed by atoms with Crippen molar-refractivity contribution in [2.45, 2.75) is 6.92 Å². The number of aromatic nitrogens is 1. The summed E-state index contributed by atoms with van der Waals surface area (Å²) in [5, 5.41) is 0.138. The maximum absolute atomic E-state index is 13.2. The molecule has 0 aliphatic heterocycles. The Labute approximate surface area is 102 Å². The van der Waals surface area contributed by atoms with Crippen LogP contribution in [0.2, 0.25) is 5.02 Å². The van der Waals surface area contributed by atoms with Crippen molar-refractivity contribution in [1.82, 2.24) is 4.98 Å². The van der Waals surface area contributed by atoms with Crippen LogP contribution in [0.25, 0.3) is 11.1 Å². The van der Waals surface area contributed by atoms with E-state index in [1.165, 1.54) is 0 Å². The number of nitrogen functional groups attached to an aromatic ring is 1. The molecule has 17 heavy (non-hydrogen) atoms. The highest BCUT2D eigenvalue weighted by molar-refractivity contribution is 6.33. The van der Waals surface area contributed by atoms with Crippen molar-refractivity contribution in [3.05, 3.63) is 46.6 Å². The van der Waals surface area contributed by atoms with E-state index in [4.69, 9.17) is 17.3 Å². The van der Waals surface area contributed by atoms with Crippen molar-refractivity contribution in [2.24, 2.45) is 0 Å². The number of rotatable bonds is 1. The maximum Gasteiger partial charge on any atom is 0.160 e. The van der Waals surface area contributed by atoms with Crippen molar-refractivity contribution in [1.29, 1.82) is 0 Å². The van der Waals surface area contributed by atoms with Crippen LogP contribution in [0.4, 0.5) is 14.6 Å². The number of benzene rings is 1. The summed E-state index contributed by atoms with van der Waals surface area (Å²) in [5.41, 5.74) is 7.16. The Bertz CT molecular complexity index is 585. The van der Waals surface area contributed by atoms with E-state index in [1.54, 1.807) is 19.1 Å². The van der Waals surface area contributed by atoms with Gasteiger partial charge in [-0.05, 0) is 31.2 Å². The minimum Gasteiger partial charge on any atom is -0.384 e. The molecule has 0 fully saturated rings. The van der Waals surface area contributed by atoms with Crippen LogP contribution < -0.4 is 5.73 Å². The van der Waals surface area contributed by atoms with E-state index in [-0.39, 0.29) is 5.02 Å². The highest BCUT2D eigenvalue weighted by atomic mass is 35.5. The molecule has 1 heterocycles. The van der Waals surface area contributed by atoms with E-state index in [2.05, 4.69) is 4.98 Å². The summed E-state index contributed by atoms with van der Waals surface area (Å²) in [6, 6.07) is 5.26. The van der Waals surface area contributed by atoms with Crippen LogP contribution in [0.5, 0.6) is 0 Å². The number of anilines is 1. The Hall–Kier alpha value is -1.68. The molecule has 88 valence electrons. The van der Waals surface area contributed by atoms with Gasteiger partial charge in [-0.2, -0.15) is 0 Å². The highest BCUT2D eigenvalue weighted by Crippen LogP contribution is 2.31. The summed E-state index contributed by atoms with van der Waals surface area (Å²) in [5.74, 6) is -1.55. The molecule has 1 aromatic heterocycles. The number of nitrogens with zero attached hydrogens (tertiary/aromatic N) is 1. The monoisotopic (exact) mass is 254 g/mol. The second kappa shape index (κ2) is 4.30. The molecule has 2 nitrogen and oxygen atoms in total. The zero-order valence-electron chi connectivity index (χ0n) is 8.97. The van der Waals surface area contributed by atoms with E-state index in [9.17, 15) is 8.78 Å². The zero-order valence-corrected chi connectivity index (χ0v) is 9.72. The standard InChI is InChI=1S/C12H9ClF2N2/c1-6-7(2-3-12(16)17-6)8-4-10(14)11(15)5-9(8)13/h2-5H,1H3,(H2,16,17). The lowest BCUT2D eigenvalue weighted by molar-refractivity contribution is 0.509. The average Bonchev–Trinajstić information content (AvgIpc) is 2.24. The molecule has 2 N–H and O–H groups in total. The molecule has 0 bridgehead atoms. The van der Waals surface area contributed by atoms with Crippen LogP contribution in [0, 0.1) is 18.6 Å². The fourth-order valence-corrected chi connectivity index (χ4v) is 1.85. The first kappa shape index (κ1) is 11.8. The van der Waals surface area contributed by atoms with E-state index >= 15 is 0 Å². The lowest BCUT2D eigenvalue weighted by atomic mass is 10.0. The number of halogens is 3. The first-order valence-corrected chi connectivity index (χ1v) is 5.25. The van der Waals surface area contributed by atoms with E-state index in [1.807, 2.05) is 0 Å². The molecular weight excluding hydrogens is 246 g/mol. The molecule has 0 aliphatic rings. The quantitative estimate of drug-likeness (QED) is 0.790. The minimum absolute atomic E-state index is 0.138. The lowest BCUT2D eigenvalue weighted by Crippen LogP contribution is -1.95. The second-order valence-corrected chi connectivity index (χ2v) is 4.02. The molecule has 5 heteroatoms. The van der Waals surface area contributed by atoms with Gasteiger partial charge in [0.1, 0.15) is 5.82 Å². The van der Waals surface area contributed by atoms with Gasteiger partial charge in [0.05, 0.1) is 5.02 Å². The predicted octanol–water partition coefficient (Wildman–Crippen LogP) is 3.57. The molecule has 0 saturated carbocycles. The van der Waals surface area contributed by atoms with Crippen LogP contribution >= 0.6 is 11.6 Å². The molecule has 0 spiro atoms. The van der Waals surface area contributed by atoms with Crippen molar-refractivity contribution >= 4 is 17.4 Å². The largest absolute Gasteiger partial charge is 0.384 e. The zero-order chi connectivity index (χ0) is 12.6. The molecule has 0 atom stereocenters. The first-order valence-electron chi connectivity index (χ1n) is 4.87. The maximum atomic E-state index is 13.2. The number of nitrogens with two attached hydrogens (primary N) is 1. The van der Waals surface area contributed by atoms with Gasteiger partial charge in [0, 0.05) is 16.8 Å². The summed E-state index contributed by atoms with van der Waals surface area (Å²) in [6.07, 6.45) is 0. The Balaban J connectivity index is 2.64. The Morgan fingerprint density at radius 2 is 1.76 bits per heavy atom. The topological polar surface area (TPSA) is 38.9 Å². The van der Waals surface area contributed by atoms with Crippen molar-refractivity contribution < 1.29 is 8.78 Å². The van der Waals surface area contributed by atoms with Crippen LogP contribution in [0.15, 0.2) is 24.3 Å². The normalized spacial score (nSPS) is 10.6. The van der Waals surface area contributed by atoms with Gasteiger partial charge in [0.15, 0.2) is 11.6 Å². The number of pyridine rings is 1. The Morgan fingerprint density at radius 3 is 2.41 bits per heavy atom. The smallest absolute Gasteiger partial charge is 0.160 e. The second-order valence-electron chi connectivity index (χ2n) is 3.62. The highest BCUT2D eigenvalue weighted by Gasteiger charge is 2.12. The lowest BCUT2D eigenvalue weighted by Gasteiger charge is -2.08. The van der Waals surface area contributed by atoms with Crippen LogP contribution in [0.3, 0.4) is 0 Å².